The molecule has 1 aromatic rings. The van der Waals surface area contributed by atoms with E-state index in [4.69, 9.17) is 18.0 Å². The largest absolute Gasteiger partial charge is 0.389 e. The molecule has 2 saturated carbocycles. The average Bonchev–Trinajstić information content (AvgIpc) is 3.28. The van der Waals surface area contributed by atoms with Gasteiger partial charge in [0.25, 0.3) is 0 Å². The molecule has 2 aliphatic carbocycles. The molecule has 0 spiro atoms. The van der Waals surface area contributed by atoms with Crippen LogP contribution in [0.15, 0.2) is 24.3 Å². The number of hydrogen-bond acceptors (Lipinski definition) is 3. The Morgan fingerprint density at radius 2 is 2.00 bits per heavy atom. The van der Waals surface area contributed by atoms with Crippen LogP contribution < -0.4 is 10.5 Å². The van der Waals surface area contributed by atoms with Gasteiger partial charge in [-0.2, -0.15) is 0 Å². The summed E-state index contributed by atoms with van der Waals surface area (Å²) < 4.78 is 27.4. The second-order valence-electron chi connectivity index (χ2n) is 6.24. The number of thiocarbonyl (C=S) groups is 1. The van der Waals surface area contributed by atoms with E-state index >= 15 is 0 Å². The van der Waals surface area contributed by atoms with Crippen molar-refractivity contribution in [3.8, 4) is 0 Å². The summed E-state index contributed by atoms with van der Waals surface area (Å²) >= 11 is 4.98. The highest BCUT2D eigenvalue weighted by Crippen LogP contribution is 2.60. The summed E-state index contributed by atoms with van der Waals surface area (Å²) in [7, 11) is -3.35. The molecule has 1 aromatic carbocycles. The predicted molar refractivity (Wildman–Crippen MR) is 87.3 cm³/mol. The summed E-state index contributed by atoms with van der Waals surface area (Å²) in [5.74, 6) is 0.672. The number of nitrogens with two attached hydrogens (primary N) is 1. The summed E-state index contributed by atoms with van der Waals surface area (Å²) in [6, 6.07) is 7.14. The molecule has 0 heterocycles. The highest BCUT2D eigenvalue weighted by molar-refractivity contribution is 7.88. The van der Waals surface area contributed by atoms with Crippen LogP contribution >= 0.6 is 12.2 Å². The summed E-state index contributed by atoms with van der Waals surface area (Å²) in [4.78, 5) is 0.234. The summed E-state index contributed by atoms with van der Waals surface area (Å²) in [5.41, 5.74) is 7.21. The second kappa shape index (κ2) is 5.34. The van der Waals surface area contributed by atoms with Crippen molar-refractivity contribution in [3.63, 3.8) is 0 Å². The van der Waals surface area contributed by atoms with E-state index in [0.717, 1.165) is 18.8 Å². The van der Waals surface area contributed by atoms with Crippen molar-refractivity contribution in [3.05, 3.63) is 35.4 Å². The fraction of sp³-hybridized carbons (Fsp3) is 0.533. The first-order valence-corrected chi connectivity index (χ1v) is 9.33. The molecule has 114 valence electrons. The van der Waals surface area contributed by atoms with E-state index in [2.05, 4.69) is 4.72 Å². The molecule has 21 heavy (non-hydrogen) atoms. The standard InChI is InChI=1S/C15H20N2O2S2/c16-14(20)13-4-2-1-3-11(13)9-21(18,19)17-10-15(7-8-15)12-5-6-12/h1-4,12,17H,5-10H2,(H2,16,20). The molecule has 3 rings (SSSR count). The Morgan fingerprint density at radius 1 is 1.33 bits per heavy atom. The zero-order chi connectivity index (χ0) is 15.1. The molecular weight excluding hydrogens is 304 g/mol. The maximum Gasteiger partial charge on any atom is 0.215 e. The molecule has 0 radical (unpaired) electrons. The zero-order valence-electron chi connectivity index (χ0n) is 11.8. The van der Waals surface area contributed by atoms with Crippen LogP contribution in [0, 0.1) is 11.3 Å². The van der Waals surface area contributed by atoms with Crippen LogP contribution in [0.4, 0.5) is 0 Å². The van der Waals surface area contributed by atoms with Gasteiger partial charge in [0.05, 0.1) is 5.75 Å². The quantitative estimate of drug-likeness (QED) is 0.752. The van der Waals surface area contributed by atoms with Gasteiger partial charge in [-0.3, -0.25) is 0 Å². The summed E-state index contributed by atoms with van der Waals surface area (Å²) in [6.07, 6.45) is 4.82. The Labute approximate surface area is 131 Å². The molecule has 6 heteroatoms. The van der Waals surface area contributed by atoms with Gasteiger partial charge in [0.15, 0.2) is 0 Å². The van der Waals surface area contributed by atoms with Crippen molar-refractivity contribution < 1.29 is 8.42 Å². The lowest BCUT2D eigenvalue weighted by Gasteiger charge is -2.16. The predicted octanol–water partition coefficient (Wildman–Crippen LogP) is 1.93. The Bertz CT molecular complexity index is 662. The highest BCUT2D eigenvalue weighted by atomic mass is 32.2. The van der Waals surface area contributed by atoms with Crippen LogP contribution in [0.1, 0.15) is 36.8 Å². The van der Waals surface area contributed by atoms with E-state index in [9.17, 15) is 8.42 Å². The van der Waals surface area contributed by atoms with E-state index in [1.54, 1.807) is 18.2 Å². The molecule has 0 aliphatic heterocycles. The number of sulfonamides is 1. The fourth-order valence-electron chi connectivity index (χ4n) is 2.98. The minimum atomic E-state index is -3.35. The number of nitrogens with one attached hydrogen (secondary N) is 1. The Balaban J connectivity index is 1.67. The van der Waals surface area contributed by atoms with Crippen molar-refractivity contribution in [1.82, 2.24) is 4.72 Å². The molecule has 0 bridgehead atoms. The lowest BCUT2D eigenvalue weighted by molar-refractivity contribution is 0.431. The lowest BCUT2D eigenvalue weighted by Crippen LogP contribution is -2.32. The summed E-state index contributed by atoms with van der Waals surface area (Å²) in [6.45, 7) is 0.579. The van der Waals surface area contributed by atoms with Gasteiger partial charge >= 0.3 is 0 Å². The SMILES string of the molecule is NC(=S)c1ccccc1CS(=O)(=O)NCC1(C2CC2)CC1. The van der Waals surface area contributed by atoms with Crippen LogP contribution in [0.25, 0.3) is 0 Å². The lowest BCUT2D eigenvalue weighted by atomic mass is 10.0. The Hall–Kier alpha value is -0.980. The average molecular weight is 324 g/mol. The Kier molecular flexibility index (Phi) is 3.80. The zero-order valence-corrected chi connectivity index (χ0v) is 13.5. The van der Waals surface area contributed by atoms with E-state index in [-0.39, 0.29) is 16.2 Å². The van der Waals surface area contributed by atoms with Crippen molar-refractivity contribution in [2.75, 3.05) is 6.54 Å². The van der Waals surface area contributed by atoms with Gasteiger partial charge in [0.1, 0.15) is 4.99 Å². The third kappa shape index (κ3) is 3.44. The van der Waals surface area contributed by atoms with Gasteiger partial charge in [-0.1, -0.05) is 36.5 Å². The van der Waals surface area contributed by atoms with Crippen LogP contribution in [-0.4, -0.2) is 20.0 Å². The molecule has 0 saturated heterocycles. The van der Waals surface area contributed by atoms with Gasteiger partial charge in [-0.15, -0.1) is 0 Å². The van der Waals surface area contributed by atoms with Gasteiger partial charge in [0, 0.05) is 12.1 Å². The molecule has 0 atom stereocenters. The molecule has 2 fully saturated rings. The van der Waals surface area contributed by atoms with Gasteiger partial charge in [0.2, 0.25) is 10.0 Å². The van der Waals surface area contributed by atoms with E-state index < -0.39 is 10.0 Å². The maximum atomic E-state index is 12.3. The molecular formula is C15H20N2O2S2. The minimum Gasteiger partial charge on any atom is -0.389 e. The van der Waals surface area contributed by atoms with Gasteiger partial charge in [-0.25, -0.2) is 13.1 Å². The monoisotopic (exact) mass is 324 g/mol. The number of hydrogen-bond donors (Lipinski definition) is 2. The topological polar surface area (TPSA) is 72.2 Å². The third-order valence-corrected chi connectivity index (χ3v) is 6.10. The van der Waals surface area contributed by atoms with Crippen molar-refractivity contribution >= 4 is 27.2 Å². The highest BCUT2D eigenvalue weighted by Gasteiger charge is 2.53. The molecule has 0 amide bonds. The van der Waals surface area contributed by atoms with Crippen LogP contribution in [0.5, 0.6) is 0 Å². The smallest absolute Gasteiger partial charge is 0.215 e. The van der Waals surface area contributed by atoms with Crippen molar-refractivity contribution in [2.45, 2.75) is 31.4 Å². The van der Waals surface area contributed by atoms with E-state index in [1.807, 2.05) is 6.07 Å². The van der Waals surface area contributed by atoms with Crippen molar-refractivity contribution in [2.24, 2.45) is 17.1 Å². The van der Waals surface area contributed by atoms with Gasteiger partial charge < -0.3 is 5.73 Å². The normalized spacial score (nSPS) is 20.2. The van der Waals surface area contributed by atoms with Crippen LogP contribution in [0.3, 0.4) is 0 Å². The molecule has 3 N–H and O–H groups in total. The minimum absolute atomic E-state index is 0.0682. The third-order valence-electron chi connectivity index (χ3n) is 4.61. The van der Waals surface area contributed by atoms with Crippen molar-refractivity contribution in [1.29, 1.82) is 0 Å². The van der Waals surface area contributed by atoms with Gasteiger partial charge in [-0.05, 0) is 42.6 Å². The second-order valence-corrected chi connectivity index (χ2v) is 8.48. The first kappa shape index (κ1) is 14.9. The van der Waals surface area contributed by atoms with E-state index in [1.165, 1.54) is 12.8 Å². The molecule has 4 nitrogen and oxygen atoms in total. The fourth-order valence-corrected chi connectivity index (χ4v) is 4.45. The van der Waals surface area contributed by atoms with E-state index in [0.29, 0.717) is 17.7 Å². The summed E-state index contributed by atoms with van der Waals surface area (Å²) in [5, 5.41) is 0. The Morgan fingerprint density at radius 3 is 2.57 bits per heavy atom. The maximum absolute atomic E-state index is 12.3. The molecule has 0 unspecified atom stereocenters. The molecule has 0 aromatic heterocycles. The number of benzene rings is 1. The van der Waals surface area contributed by atoms with Crippen LogP contribution in [0.2, 0.25) is 0 Å². The number of rotatable bonds is 7. The van der Waals surface area contributed by atoms with Crippen LogP contribution in [-0.2, 0) is 15.8 Å². The molecule has 2 aliphatic rings. The first-order chi connectivity index (χ1) is 9.92. The first-order valence-electron chi connectivity index (χ1n) is 7.27.